The third-order valence-electron chi connectivity index (χ3n) is 7.21. The number of piperazine rings is 1. The van der Waals surface area contributed by atoms with E-state index in [1.807, 2.05) is 39.2 Å². The molecule has 1 unspecified atom stereocenters. The second-order valence-electron chi connectivity index (χ2n) is 10.7. The summed E-state index contributed by atoms with van der Waals surface area (Å²) in [5.41, 5.74) is 4.80. The summed E-state index contributed by atoms with van der Waals surface area (Å²) in [5, 5.41) is 0.453. The van der Waals surface area contributed by atoms with Crippen molar-refractivity contribution in [2.24, 2.45) is 0 Å². The molecule has 252 valence electrons. The predicted molar refractivity (Wildman–Crippen MR) is 191 cm³/mol. The maximum Gasteiger partial charge on any atom is 0.128 e. The predicted octanol–water partition coefficient (Wildman–Crippen LogP) is 8.80. The van der Waals surface area contributed by atoms with Crippen molar-refractivity contribution in [3.8, 4) is 12.8 Å². The van der Waals surface area contributed by atoms with Crippen LogP contribution in [-0.2, 0) is 16.0 Å². The third kappa shape index (κ3) is 18.2. The van der Waals surface area contributed by atoms with Crippen molar-refractivity contribution in [2.45, 2.75) is 80.2 Å². The summed E-state index contributed by atoms with van der Waals surface area (Å²) < 4.78 is 17.5. The molecular weight excluding hydrogens is 823 g/mol. The van der Waals surface area contributed by atoms with Gasteiger partial charge in [0.15, 0.2) is 0 Å². The molecule has 2 heterocycles. The molecule has 4 rings (SSSR count). The minimum atomic E-state index is -0.213. The summed E-state index contributed by atoms with van der Waals surface area (Å²) in [4.78, 5) is 19.9. The molecule has 5 nitrogen and oxygen atoms in total. The molecule has 1 fully saturated rings. The number of hydrogen-bond acceptors (Lipinski definition) is 5. The summed E-state index contributed by atoms with van der Waals surface area (Å²) in [6.45, 7) is 20.1. The van der Waals surface area contributed by atoms with Crippen LogP contribution in [0.2, 0.25) is 5.02 Å². The number of benzene rings is 2. The van der Waals surface area contributed by atoms with E-state index < -0.39 is 0 Å². The van der Waals surface area contributed by atoms with E-state index in [2.05, 4.69) is 73.5 Å². The topological polar surface area (TPSA) is 45.7 Å². The van der Waals surface area contributed by atoms with Crippen molar-refractivity contribution in [2.75, 3.05) is 44.8 Å². The van der Waals surface area contributed by atoms with Crippen LogP contribution in [0.1, 0.15) is 74.9 Å². The number of carbonyl (C=O) groups excluding carboxylic acids is 1. The Balaban J connectivity index is 0. The summed E-state index contributed by atoms with van der Waals surface area (Å²) in [6, 6.07) is 17.3. The zero-order valence-corrected chi connectivity index (χ0v) is 34.1. The fourth-order valence-corrected chi connectivity index (χ4v) is 4.75. The Morgan fingerprint density at radius 3 is 2.15 bits per heavy atom. The molecule has 0 radical (unpaired) electrons. The van der Waals surface area contributed by atoms with Crippen LogP contribution in [0, 0.1) is 70.5 Å². The van der Waals surface area contributed by atoms with Crippen molar-refractivity contribution < 1.29 is 45.0 Å². The number of halogens is 2. The molecule has 0 aliphatic carbocycles. The van der Waals surface area contributed by atoms with Gasteiger partial charge in [-0.3, -0.25) is 4.90 Å². The molecule has 1 saturated heterocycles. The fraction of sp³-hybridized carbons (Fsp3) is 0.474. The molecule has 46 heavy (non-hydrogen) atoms. The van der Waals surface area contributed by atoms with E-state index in [1.165, 1.54) is 37.6 Å². The van der Waals surface area contributed by atoms with E-state index >= 15 is 0 Å². The van der Waals surface area contributed by atoms with Gasteiger partial charge in [0.2, 0.25) is 0 Å². The van der Waals surface area contributed by atoms with E-state index in [1.54, 1.807) is 25.3 Å². The van der Waals surface area contributed by atoms with Gasteiger partial charge in [-0.15, -0.1) is 24.5 Å². The van der Waals surface area contributed by atoms with Gasteiger partial charge in [-0.05, 0) is 75.9 Å². The van der Waals surface area contributed by atoms with Gasteiger partial charge in [0.25, 0.3) is 0 Å². The number of anilines is 1. The second kappa shape index (κ2) is 27.9. The van der Waals surface area contributed by atoms with E-state index in [0.29, 0.717) is 28.6 Å². The summed E-state index contributed by atoms with van der Waals surface area (Å²) in [6.07, 6.45) is 14.2. The zero-order chi connectivity index (χ0) is 34.2. The second-order valence-corrected chi connectivity index (χ2v) is 11.1. The molecule has 2 aromatic carbocycles. The molecule has 3 aromatic rings. The number of aryl methyl sites for hydroxylation is 4. The molecular formula is C38H54ClFN3O2U-. The molecule has 0 spiro atoms. The molecule has 1 aliphatic heterocycles. The van der Waals surface area contributed by atoms with Crippen LogP contribution >= 0.6 is 11.6 Å². The van der Waals surface area contributed by atoms with Crippen LogP contribution in [-0.4, -0.2) is 62.1 Å². The minimum absolute atomic E-state index is 0. The number of terminal acetylenes is 1. The fourth-order valence-electron chi connectivity index (χ4n) is 4.59. The first-order valence-corrected chi connectivity index (χ1v) is 16.2. The van der Waals surface area contributed by atoms with Gasteiger partial charge in [-0.25, -0.2) is 9.37 Å². The first-order chi connectivity index (χ1) is 21.6. The first-order valence-electron chi connectivity index (χ1n) is 15.8. The van der Waals surface area contributed by atoms with Crippen LogP contribution in [0.3, 0.4) is 0 Å². The van der Waals surface area contributed by atoms with E-state index in [9.17, 15) is 9.18 Å². The Morgan fingerprint density at radius 2 is 1.67 bits per heavy atom. The Labute approximate surface area is 308 Å². The van der Waals surface area contributed by atoms with Gasteiger partial charge in [0, 0.05) is 81.2 Å². The molecule has 1 atom stereocenters. The van der Waals surface area contributed by atoms with Crippen molar-refractivity contribution in [3.63, 3.8) is 0 Å². The molecule has 8 heteroatoms. The molecule has 1 aliphatic rings. The van der Waals surface area contributed by atoms with Crippen LogP contribution in [0.25, 0.3) is 0 Å². The maximum absolute atomic E-state index is 12.8. The number of pyridine rings is 1. The Hall–Kier alpha value is -2.19. The summed E-state index contributed by atoms with van der Waals surface area (Å²) >= 11 is 5.53. The van der Waals surface area contributed by atoms with Gasteiger partial charge < -0.3 is 14.4 Å². The van der Waals surface area contributed by atoms with Gasteiger partial charge >= 0.3 is 0 Å². The minimum Gasteiger partial charge on any atom is -0.385 e. The maximum atomic E-state index is 12.8. The number of hydrogen-bond donors (Lipinski definition) is 0. The summed E-state index contributed by atoms with van der Waals surface area (Å²) in [5.74, 6) is 0.930. The van der Waals surface area contributed by atoms with E-state index in [4.69, 9.17) is 16.3 Å². The van der Waals surface area contributed by atoms with Crippen molar-refractivity contribution in [3.05, 3.63) is 93.4 Å². The SMILES string of the molecule is C#C.CCCN1CCN(c2cccc(C)n2)CC1CC.CCCOC.CCc1ccc(Cl)cc1F.Cc1ccc([C-]=O)cc1C.[U]. The Kier molecular flexibility index (Phi) is 27.8. The summed E-state index contributed by atoms with van der Waals surface area (Å²) in [7, 11) is 1.71. The van der Waals surface area contributed by atoms with Gasteiger partial charge in [-0.1, -0.05) is 63.9 Å². The van der Waals surface area contributed by atoms with Gasteiger partial charge in [-0.2, -0.15) is 17.7 Å². The molecule has 1 aromatic heterocycles. The average molecular weight is 877 g/mol. The smallest absolute Gasteiger partial charge is 0.128 e. The zero-order valence-electron chi connectivity index (χ0n) is 29.2. The van der Waals surface area contributed by atoms with Crippen molar-refractivity contribution >= 4 is 23.7 Å². The van der Waals surface area contributed by atoms with Crippen LogP contribution < -0.4 is 4.90 Å². The molecule has 0 saturated carbocycles. The quantitative estimate of drug-likeness (QED) is 0.167. The van der Waals surface area contributed by atoms with Crippen LogP contribution in [0.4, 0.5) is 10.2 Å². The number of aromatic nitrogens is 1. The van der Waals surface area contributed by atoms with Gasteiger partial charge in [0.1, 0.15) is 11.6 Å². The van der Waals surface area contributed by atoms with E-state index in [0.717, 1.165) is 43.2 Å². The molecule has 0 N–H and O–H groups in total. The van der Waals surface area contributed by atoms with Gasteiger partial charge in [0.05, 0.1) is 6.29 Å². The largest absolute Gasteiger partial charge is 0.385 e. The van der Waals surface area contributed by atoms with Crippen LogP contribution in [0.15, 0.2) is 54.6 Å². The third-order valence-corrected chi connectivity index (χ3v) is 7.45. The number of ether oxygens (including phenoxy) is 1. The monoisotopic (exact) mass is 876 g/mol. The van der Waals surface area contributed by atoms with Crippen molar-refractivity contribution in [1.82, 2.24) is 9.88 Å². The van der Waals surface area contributed by atoms with Crippen molar-refractivity contribution in [1.29, 1.82) is 0 Å². The first kappa shape index (κ1) is 45.9. The number of nitrogens with zero attached hydrogens (tertiary/aromatic N) is 3. The standard InChI is InChI=1S/C15H25N3.C9H9O.C8H8ClF.C4H10O.C2H2.U/c1-4-9-17-10-11-18(12-14(17)5-2)15-8-6-7-13(3)16-15;1-7-3-4-9(6-10)5-8(7)2;1-2-6-3-4-7(9)5-8(6)10;1-3-4-5-2;1-2;/h6-8,14H,4-5,9-12H2,1-3H3;3-5H,1-2H3;3-5H,2H2,1H3;3-4H2,1-2H3;1-2H;/q;-1;;;;. The number of methoxy groups -OCH3 is 1. The van der Waals surface area contributed by atoms with E-state index in [-0.39, 0.29) is 36.9 Å². The Bertz CT molecular complexity index is 1260. The van der Waals surface area contributed by atoms with Crippen LogP contribution in [0.5, 0.6) is 0 Å². The normalized spacial score (nSPS) is 13.5. The Morgan fingerprint density at radius 1 is 0.978 bits per heavy atom. The number of rotatable bonds is 8. The average Bonchev–Trinajstić information content (AvgIpc) is 3.05. The molecule has 0 bridgehead atoms. The molecule has 0 amide bonds.